The third-order valence-electron chi connectivity index (χ3n) is 3.60. The maximum atomic E-state index is 9.33. The van der Waals surface area contributed by atoms with Crippen LogP contribution < -0.4 is 5.46 Å². The molecule has 0 atom stereocenters. The van der Waals surface area contributed by atoms with Crippen LogP contribution in [0.3, 0.4) is 0 Å². The standard InChI is InChI=1S/C13H20BNO3/c1-18-12-6-8-15(9-7-12)10-11-4-2-3-5-13(11)14(16)17/h2-5,12,16-17H,6-10H2,1H3. The Morgan fingerprint density at radius 1 is 1.28 bits per heavy atom. The molecule has 18 heavy (non-hydrogen) atoms. The third-order valence-corrected chi connectivity index (χ3v) is 3.60. The molecule has 0 aliphatic carbocycles. The summed E-state index contributed by atoms with van der Waals surface area (Å²) in [4.78, 5) is 2.33. The van der Waals surface area contributed by atoms with Crippen molar-refractivity contribution >= 4 is 12.6 Å². The molecule has 0 unspecified atom stereocenters. The van der Waals surface area contributed by atoms with E-state index in [1.54, 1.807) is 13.2 Å². The number of likely N-dealkylation sites (tertiary alicyclic amines) is 1. The lowest BCUT2D eigenvalue weighted by Crippen LogP contribution is -2.39. The van der Waals surface area contributed by atoms with Crippen molar-refractivity contribution in [2.24, 2.45) is 0 Å². The monoisotopic (exact) mass is 249 g/mol. The second-order valence-corrected chi connectivity index (χ2v) is 4.78. The highest BCUT2D eigenvalue weighted by Crippen LogP contribution is 2.15. The number of ether oxygens (including phenoxy) is 1. The second-order valence-electron chi connectivity index (χ2n) is 4.78. The number of hydrogen-bond acceptors (Lipinski definition) is 4. The molecule has 0 spiro atoms. The van der Waals surface area contributed by atoms with Gasteiger partial charge in [0.15, 0.2) is 0 Å². The summed E-state index contributed by atoms with van der Waals surface area (Å²) in [6.07, 6.45) is 2.46. The fraction of sp³-hybridized carbons (Fsp3) is 0.538. The zero-order chi connectivity index (χ0) is 13.0. The Balaban J connectivity index is 1.98. The Morgan fingerprint density at radius 2 is 1.94 bits per heavy atom. The van der Waals surface area contributed by atoms with Crippen LogP contribution in [-0.2, 0) is 11.3 Å². The Hall–Kier alpha value is -0.875. The van der Waals surface area contributed by atoms with Gasteiger partial charge in [0.05, 0.1) is 6.10 Å². The van der Waals surface area contributed by atoms with Gasteiger partial charge in [0, 0.05) is 26.7 Å². The van der Waals surface area contributed by atoms with Crippen LogP contribution in [-0.4, -0.2) is 48.4 Å². The molecular weight excluding hydrogens is 229 g/mol. The van der Waals surface area contributed by atoms with E-state index in [0.717, 1.165) is 38.0 Å². The molecule has 1 aromatic rings. The summed E-state index contributed by atoms with van der Waals surface area (Å²) < 4.78 is 5.34. The normalized spacial score (nSPS) is 17.9. The van der Waals surface area contributed by atoms with Crippen LogP contribution in [0.25, 0.3) is 0 Å². The van der Waals surface area contributed by atoms with Gasteiger partial charge in [-0.3, -0.25) is 4.90 Å². The van der Waals surface area contributed by atoms with E-state index >= 15 is 0 Å². The van der Waals surface area contributed by atoms with E-state index in [0.29, 0.717) is 11.6 Å². The second kappa shape index (κ2) is 6.34. The predicted octanol–water partition coefficient (Wildman–Crippen LogP) is -0.0228. The number of benzene rings is 1. The van der Waals surface area contributed by atoms with Gasteiger partial charge in [0.2, 0.25) is 0 Å². The minimum absolute atomic E-state index is 0.375. The molecule has 1 aromatic carbocycles. The number of rotatable bonds is 4. The van der Waals surface area contributed by atoms with Crippen LogP contribution in [0.2, 0.25) is 0 Å². The zero-order valence-corrected chi connectivity index (χ0v) is 10.7. The van der Waals surface area contributed by atoms with Crippen molar-refractivity contribution in [1.29, 1.82) is 0 Å². The van der Waals surface area contributed by atoms with Crippen molar-refractivity contribution in [1.82, 2.24) is 4.90 Å². The third kappa shape index (κ3) is 3.33. The first-order valence-corrected chi connectivity index (χ1v) is 6.40. The van der Waals surface area contributed by atoms with Crippen LogP contribution >= 0.6 is 0 Å². The Labute approximate surface area is 108 Å². The topological polar surface area (TPSA) is 52.9 Å². The van der Waals surface area contributed by atoms with Gasteiger partial charge in [-0.2, -0.15) is 0 Å². The molecule has 0 aromatic heterocycles. The van der Waals surface area contributed by atoms with Crippen molar-refractivity contribution in [2.45, 2.75) is 25.5 Å². The van der Waals surface area contributed by atoms with Crippen molar-refractivity contribution in [2.75, 3.05) is 20.2 Å². The van der Waals surface area contributed by atoms with Crippen molar-refractivity contribution < 1.29 is 14.8 Å². The maximum Gasteiger partial charge on any atom is 0.488 e. The molecule has 0 radical (unpaired) electrons. The zero-order valence-electron chi connectivity index (χ0n) is 10.7. The molecule has 1 saturated heterocycles. The molecule has 98 valence electrons. The van der Waals surface area contributed by atoms with E-state index in [-0.39, 0.29) is 0 Å². The SMILES string of the molecule is COC1CCN(Cc2ccccc2B(O)O)CC1. The van der Waals surface area contributed by atoms with E-state index in [2.05, 4.69) is 4.90 Å². The quantitative estimate of drug-likeness (QED) is 0.736. The molecular formula is C13H20BNO3. The minimum Gasteiger partial charge on any atom is -0.423 e. The van der Waals surface area contributed by atoms with Crippen LogP contribution in [0.4, 0.5) is 0 Å². The van der Waals surface area contributed by atoms with Gasteiger partial charge in [-0.15, -0.1) is 0 Å². The average Bonchev–Trinajstić information content (AvgIpc) is 2.40. The molecule has 0 amide bonds. The van der Waals surface area contributed by atoms with Gasteiger partial charge in [-0.25, -0.2) is 0 Å². The Bertz CT molecular complexity index is 378. The maximum absolute atomic E-state index is 9.33. The molecule has 0 saturated carbocycles. The first-order valence-electron chi connectivity index (χ1n) is 6.40. The van der Waals surface area contributed by atoms with Gasteiger partial charge < -0.3 is 14.8 Å². The summed E-state index contributed by atoms with van der Waals surface area (Å²) >= 11 is 0. The molecule has 4 nitrogen and oxygen atoms in total. The highest BCUT2D eigenvalue weighted by atomic mass is 16.5. The summed E-state index contributed by atoms with van der Waals surface area (Å²) in [5.41, 5.74) is 1.59. The summed E-state index contributed by atoms with van der Waals surface area (Å²) in [6.45, 7) is 2.76. The lowest BCUT2D eigenvalue weighted by atomic mass is 9.77. The van der Waals surface area contributed by atoms with Crippen molar-refractivity contribution in [3.8, 4) is 0 Å². The molecule has 2 rings (SSSR count). The predicted molar refractivity (Wildman–Crippen MR) is 71.6 cm³/mol. The molecule has 5 heteroatoms. The number of piperidine rings is 1. The van der Waals surface area contributed by atoms with E-state index < -0.39 is 7.12 Å². The van der Waals surface area contributed by atoms with Crippen LogP contribution in [0.1, 0.15) is 18.4 Å². The van der Waals surface area contributed by atoms with Gasteiger partial charge in [0.25, 0.3) is 0 Å². The summed E-state index contributed by atoms with van der Waals surface area (Å²) in [6, 6.07) is 7.48. The lowest BCUT2D eigenvalue weighted by Gasteiger charge is -2.31. The highest BCUT2D eigenvalue weighted by molar-refractivity contribution is 6.59. The van der Waals surface area contributed by atoms with Gasteiger partial charge >= 0.3 is 7.12 Å². The fourth-order valence-corrected chi connectivity index (χ4v) is 2.47. The van der Waals surface area contributed by atoms with E-state index in [1.807, 2.05) is 18.2 Å². The Kier molecular flexibility index (Phi) is 4.77. The van der Waals surface area contributed by atoms with E-state index in [1.165, 1.54) is 0 Å². The number of methoxy groups -OCH3 is 1. The van der Waals surface area contributed by atoms with Crippen LogP contribution in [0.5, 0.6) is 0 Å². The summed E-state index contributed by atoms with van der Waals surface area (Å²) in [5, 5.41) is 18.7. The largest absolute Gasteiger partial charge is 0.488 e. The highest BCUT2D eigenvalue weighted by Gasteiger charge is 2.21. The molecule has 1 aliphatic rings. The van der Waals surface area contributed by atoms with E-state index in [4.69, 9.17) is 4.74 Å². The smallest absolute Gasteiger partial charge is 0.423 e. The van der Waals surface area contributed by atoms with Gasteiger partial charge in [0.1, 0.15) is 0 Å². The fourth-order valence-electron chi connectivity index (χ4n) is 2.47. The molecule has 1 aliphatic heterocycles. The summed E-state index contributed by atoms with van der Waals surface area (Å²) in [5.74, 6) is 0. The summed E-state index contributed by atoms with van der Waals surface area (Å²) in [7, 11) is 0.371. The lowest BCUT2D eigenvalue weighted by molar-refractivity contribution is 0.0389. The molecule has 2 N–H and O–H groups in total. The molecule has 1 heterocycles. The van der Waals surface area contributed by atoms with Crippen molar-refractivity contribution in [3.05, 3.63) is 29.8 Å². The Morgan fingerprint density at radius 3 is 2.56 bits per heavy atom. The van der Waals surface area contributed by atoms with Crippen molar-refractivity contribution in [3.63, 3.8) is 0 Å². The van der Waals surface area contributed by atoms with Gasteiger partial charge in [-0.1, -0.05) is 24.3 Å². The average molecular weight is 249 g/mol. The number of hydrogen-bond donors (Lipinski definition) is 2. The van der Waals surface area contributed by atoms with Crippen LogP contribution in [0.15, 0.2) is 24.3 Å². The first kappa shape index (κ1) is 13.6. The van der Waals surface area contributed by atoms with Crippen LogP contribution in [0, 0.1) is 0 Å². The molecule has 1 fully saturated rings. The first-order chi connectivity index (χ1) is 8.70. The minimum atomic E-state index is -1.39. The van der Waals surface area contributed by atoms with E-state index in [9.17, 15) is 10.0 Å². The van der Waals surface area contributed by atoms with Gasteiger partial charge in [-0.05, 0) is 23.9 Å². The number of nitrogens with zero attached hydrogens (tertiary/aromatic N) is 1. The molecule has 0 bridgehead atoms.